The Kier molecular flexibility index (Phi) is 4.99. The van der Waals surface area contributed by atoms with E-state index in [1.165, 1.54) is 36.0 Å². The molecule has 9 heteroatoms. The van der Waals surface area contributed by atoms with Crippen molar-refractivity contribution in [2.75, 3.05) is 25.4 Å². The Balaban J connectivity index is 1.15. The number of likely N-dealkylation sites (tertiary alicyclic amines) is 1. The number of thioether (sulfide) groups is 1. The lowest BCUT2D eigenvalue weighted by molar-refractivity contribution is 0.299. The van der Waals surface area contributed by atoms with Crippen molar-refractivity contribution in [3.63, 3.8) is 0 Å². The Hall–Kier alpha value is -2.10. The summed E-state index contributed by atoms with van der Waals surface area (Å²) in [5.74, 6) is 2.43. The highest BCUT2D eigenvalue weighted by molar-refractivity contribution is 7.99. The molecule has 2 atom stereocenters. The van der Waals surface area contributed by atoms with E-state index in [9.17, 15) is 0 Å². The van der Waals surface area contributed by atoms with Gasteiger partial charge in [0.25, 0.3) is 0 Å². The first-order valence-corrected chi connectivity index (χ1v) is 12.1. The van der Waals surface area contributed by atoms with Crippen molar-refractivity contribution in [2.24, 2.45) is 24.4 Å². The van der Waals surface area contributed by atoms with Crippen LogP contribution < -0.4 is 11.5 Å². The number of hydrogen-bond donors (Lipinski definition) is 2. The molecule has 158 valence electrons. The second kappa shape index (κ2) is 7.55. The van der Waals surface area contributed by atoms with Crippen molar-refractivity contribution in [3.05, 3.63) is 40.8 Å². The number of piperidine rings is 1. The molecular weight excluding hydrogens is 414 g/mol. The molecule has 0 radical (unpaired) electrons. The van der Waals surface area contributed by atoms with E-state index in [2.05, 4.69) is 40.2 Å². The van der Waals surface area contributed by atoms with Crippen molar-refractivity contribution in [3.8, 4) is 0 Å². The summed E-state index contributed by atoms with van der Waals surface area (Å²) >= 11 is 3.50. The van der Waals surface area contributed by atoms with E-state index in [1.54, 1.807) is 23.1 Å². The van der Waals surface area contributed by atoms with Crippen LogP contribution in [0.3, 0.4) is 0 Å². The minimum atomic E-state index is 0.365. The first-order chi connectivity index (χ1) is 14.5. The molecule has 1 aromatic carbocycles. The SMILES string of the molecule is Cc1nc2cc(C34C[C@@H]3CN(CCCSc3nnc(/C(N)=C/N)n3C)C4)ccc2s1. The molecule has 5 rings (SSSR count). The first kappa shape index (κ1) is 19.8. The molecule has 3 heterocycles. The molecule has 1 aliphatic carbocycles. The smallest absolute Gasteiger partial charge is 0.191 e. The maximum absolute atomic E-state index is 5.85. The zero-order chi connectivity index (χ0) is 20.9. The van der Waals surface area contributed by atoms with Gasteiger partial charge in [-0.3, -0.25) is 0 Å². The molecule has 1 saturated carbocycles. The number of nitrogens with zero attached hydrogens (tertiary/aromatic N) is 5. The third kappa shape index (κ3) is 3.38. The Morgan fingerprint density at radius 1 is 1.40 bits per heavy atom. The van der Waals surface area contributed by atoms with Crippen LogP contribution in [0, 0.1) is 12.8 Å². The number of aromatic nitrogens is 4. The molecule has 0 amide bonds. The van der Waals surface area contributed by atoms with Crippen LogP contribution in [0.4, 0.5) is 0 Å². The Labute approximate surface area is 184 Å². The minimum absolute atomic E-state index is 0.365. The maximum atomic E-state index is 5.85. The molecule has 1 saturated heterocycles. The zero-order valence-corrected chi connectivity index (χ0v) is 19.0. The highest BCUT2D eigenvalue weighted by Crippen LogP contribution is 2.59. The van der Waals surface area contributed by atoms with E-state index in [0.717, 1.165) is 40.3 Å². The largest absolute Gasteiger partial charge is 0.403 e. The van der Waals surface area contributed by atoms with Gasteiger partial charge in [0.15, 0.2) is 11.0 Å². The lowest BCUT2D eigenvalue weighted by atomic mass is 9.95. The molecule has 1 unspecified atom stereocenters. The molecule has 7 nitrogen and oxygen atoms in total. The first-order valence-electron chi connectivity index (χ1n) is 10.3. The normalized spacial score (nSPS) is 23.9. The Morgan fingerprint density at radius 3 is 3.10 bits per heavy atom. The van der Waals surface area contributed by atoms with Crippen molar-refractivity contribution in [1.82, 2.24) is 24.6 Å². The van der Waals surface area contributed by atoms with Gasteiger partial charge >= 0.3 is 0 Å². The number of benzene rings is 1. The van der Waals surface area contributed by atoms with Gasteiger partial charge < -0.3 is 20.9 Å². The lowest BCUT2D eigenvalue weighted by Gasteiger charge is -2.21. The third-order valence-electron chi connectivity index (χ3n) is 6.41. The fourth-order valence-electron chi connectivity index (χ4n) is 4.77. The summed E-state index contributed by atoms with van der Waals surface area (Å²) in [7, 11) is 1.92. The summed E-state index contributed by atoms with van der Waals surface area (Å²) < 4.78 is 3.20. The molecule has 1 aliphatic heterocycles. The lowest BCUT2D eigenvalue weighted by Crippen LogP contribution is -2.27. The molecule has 2 aromatic heterocycles. The number of thiazole rings is 1. The quantitative estimate of drug-likeness (QED) is 0.430. The third-order valence-corrected chi connectivity index (χ3v) is 8.47. The fraction of sp³-hybridized carbons (Fsp3) is 0.476. The van der Waals surface area contributed by atoms with Gasteiger partial charge in [0, 0.05) is 37.5 Å². The number of nitrogens with two attached hydrogens (primary N) is 2. The Bertz CT molecular complexity index is 1120. The summed E-state index contributed by atoms with van der Waals surface area (Å²) in [4.78, 5) is 7.33. The van der Waals surface area contributed by atoms with Crippen LogP contribution in [-0.4, -0.2) is 50.0 Å². The second-order valence-corrected chi connectivity index (χ2v) is 10.7. The van der Waals surface area contributed by atoms with E-state index >= 15 is 0 Å². The predicted octanol–water partition coefficient (Wildman–Crippen LogP) is 2.70. The molecule has 2 aliphatic rings. The predicted molar refractivity (Wildman–Crippen MR) is 123 cm³/mol. The summed E-state index contributed by atoms with van der Waals surface area (Å²) in [5.41, 5.74) is 14.8. The van der Waals surface area contributed by atoms with E-state index < -0.39 is 0 Å². The number of aryl methyl sites for hydroxylation is 1. The average molecular weight is 442 g/mol. The van der Waals surface area contributed by atoms with Gasteiger partial charge in [-0.2, -0.15) is 0 Å². The van der Waals surface area contributed by atoms with E-state index in [0.29, 0.717) is 16.9 Å². The monoisotopic (exact) mass is 441 g/mol. The van der Waals surface area contributed by atoms with Crippen LogP contribution in [0.1, 0.15) is 29.2 Å². The van der Waals surface area contributed by atoms with Crippen LogP contribution in [0.15, 0.2) is 29.6 Å². The summed E-state index contributed by atoms with van der Waals surface area (Å²) in [6.45, 7) is 5.59. The highest BCUT2D eigenvalue weighted by Gasteiger charge is 2.60. The van der Waals surface area contributed by atoms with Crippen LogP contribution in [0.5, 0.6) is 0 Å². The Morgan fingerprint density at radius 2 is 2.27 bits per heavy atom. The van der Waals surface area contributed by atoms with E-state index in [-0.39, 0.29) is 0 Å². The molecule has 0 bridgehead atoms. The molecule has 3 aromatic rings. The maximum Gasteiger partial charge on any atom is 0.191 e. The van der Waals surface area contributed by atoms with Crippen LogP contribution in [0.25, 0.3) is 15.9 Å². The second-order valence-electron chi connectivity index (χ2n) is 8.40. The highest BCUT2D eigenvalue weighted by atomic mass is 32.2. The van der Waals surface area contributed by atoms with Gasteiger partial charge in [-0.05, 0) is 49.9 Å². The number of fused-ring (bicyclic) bond motifs is 2. The van der Waals surface area contributed by atoms with Crippen LogP contribution in [-0.2, 0) is 12.5 Å². The molecular formula is C21H27N7S2. The van der Waals surface area contributed by atoms with Gasteiger partial charge in [0.2, 0.25) is 0 Å². The van der Waals surface area contributed by atoms with Crippen molar-refractivity contribution in [2.45, 2.75) is 30.3 Å². The molecule has 2 fully saturated rings. The molecule has 30 heavy (non-hydrogen) atoms. The zero-order valence-electron chi connectivity index (χ0n) is 17.3. The molecule has 4 N–H and O–H groups in total. The van der Waals surface area contributed by atoms with Gasteiger partial charge in [-0.25, -0.2) is 4.98 Å². The van der Waals surface area contributed by atoms with Crippen molar-refractivity contribution >= 4 is 39.0 Å². The standard InChI is InChI=1S/C21H27N7S2/c1-13-24-17-8-14(4-5-18(17)30-13)21-9-15(21)11-28(12-21)6-3-7-29-20-26-25-19(27(20)2)16(23)10-22/h4-5,8,10,15H,3,6-7,9,11-12,22-23H2,1-2H3/b16-10-/t15-,21?/m1/s1. The van der Waals surface area contributed by atoms with Gasteiger partial charge in [-0.1, -0.05) is 17.8 Å². The minimum Gasteiger partial charge on any atom is -0.403 e. The van der Waals surface area contributed by atoms with Crippen molar-refractivity contribution in [1.29, 1.82) is 0 Å². The van der Waals surface area contributed by atoms with Gasteiger partial charge in [0.1, 0.15) is 0 Å². The van der Waals surface area contributed by atoms with Gasteiger partial charge in [-0.15, -0.1) is 21.5 Å². The van der Waals surface area contributed by atoms with E-state index in [4.69, 9.17) is 16.5 Å². The average Bonchev–Trinajstić information content (AvgIpc) is 3.03. The van der Waals surface area contributed by atoms with Crippen LogP contribution in [0.2, 0.25) is 0 Å². The summed E-state index contributed by atoms with van der Waals surface area (Å²) in [6.07, 6.45) is 3.81. The van der Waals surface area contributed by atoms with Crippen LogP contribution >= 0.6 is 23.1 Å². The topological polar surface area (TPSA) is 98.9 Å². The van der Waals surface area contributed by atoms with Crippen molar-refractivity contribution < 1.29 is 0 Å². The summed E-state index contributed by atoms with van der Waals surface area (Å²) in [5, 5.41) is 10.4. The van der Waals surface area contributed by atoms with E-state index in [1.807, 2.05) is 11.6 Å². The summed E-state index contributed by atoms with van der Waals surface area (Å²) in [6, 6.07) is 6.94. The fourth-order valence-corrected chi connectivity index (χ4v) is 6.42. The number of rotatable bonds is 7. The van der Waals surface area contributed by atoms with Gasteiger partial charge in [0.05, 0.1) is 20.9 Å². The number of hydrogen-bond acceptors (Lipinski definition) is 8. The molecule has 0 spiro atoms.